The summed E-state index contributed by atoms with van der Waals surface area (Å²) in [5, 5.41) is 11.5. The van der Waals surface area contributed by atoms with Crippen molar-refractivity contribution in [3.63, 3.8) is 0 Å². The van der Waals surface area contributed by atoms with Gasteiger partial charge < -0.3 is 20.1 Å². The minimum absolute atomic E-state index is 0.188. The molecule has 0 saturated heterocycles. The molecule has 1 heterocycles. The van der Waals surface area contributed by atoms with Gasteiger partial charge in [0.2, 0.25) is 0 Å². The number of anilines is 1. The molecule has 0 saturated carbocycles. The second kappa shape index (κ2) is 5.74. The highest BCUT2D eigenvalue weighted by Gasteiger charge is 2.20. The molecule has 8 heteroatoms. The Morgan fingerprint density at radius 1 is 1.45 bits per heavy atom. The van der Waals surface area contributed by atoms with Crippen molar-refractivity contribution in [1.82, 2.24) is 9.97 Å². The van der Waals surface area contributed by atoms with Gasteiger partial charge in [-0.1, -0.05) is 0 Å². The molecule has 0 unspecified atom stereocenters. The molecular weight excluding hydrogens is 330 g/mol. The Morgan fingerprint density at radius 3 is 2.85 bits per heavy atom. The first-order valence-electron chi connectivity index (χ1n) is 5.44. The maximum atomic E-state index is 12.0. The number of H-pyrrole nitrogens is 1. The van der Waals surface area contributed by atoms with Crippen LogP contribution < -0.4 is 10.1 Å². The van der Waals surface area contributed by atoms with Crippen molar-refractivity contribution in [2.24, 2.45) is 0 Å². The maximum absolute atomic E-state index is 12.0. The van der Waals surface area contributed by atoms with Gasteiger partial charge in [-0.05, 0) is 28.1 Å². The number of methoxy groups -OCH3 is 1. The third kappa shape index (κ3) is 2.80. The molecule has 0 spiro atoms. The lowest BCUT2D eigenvalue weighted by atomic mass is 10.2. The standard InChI is InChI=1S/C12H10BrN3O4/c1-20-6-2-3-7(13)8(4-6)16-11(17)9-10(12(18)19)15-5-14-9/h2-5H,1H3,(H,14,15)(H,16,17)(H,18,19). The third-order valence-electron chi connectivity index (χ3n) is 2.49. The number of rotatable bonds is 4. The van der Waals surface area contributed by atoms with Crippen LogP contribution in [0.15, 0.2) is 29.0 Å². The topological polar surface area (TPSA) is 104 Å². The number of ether oxygens (including phenoxy) is 1. The highest BCUT2D eigenvalue weighted by atomic mass is 79.9. The van der Waals surface area contributed by atoms with E-state index in [1.165, 1.54) is 7.11 Å². The van der Waals surface area contributed by atoms with E-state index in [2.05, 4.69) is 31.2 Å². The van der Waals surface area contributed by atoms with E-state index in [4.69, 9.17) is 9.84 Å². The molecular formula is C12H10BrN3O4. The molecule has 0 atom stereocenters. The van der Waals surface area contributed by atoms with Gasteiger partial charge in [0.15, 0.2) is 11.4 Å². The van der Waals surface area contributed by atoms with Gasteiger partial charge in [0.05, 0.1) is 19.1 Å². The highest BCUT2D eigenvalue weighted by molar-refractivity contribution is 9.10. The van der Waals surface area contributed by atoms with Crippen molar-refractivity contribution in [1.29, 1.82) is 0 Å². The van der Waals surface area contributed by atoms with Crippen LogP contribution in [0.25, 0.3) is 0 Å². The van der Waals surface area contributed by atoms with Crippen molar-refractivity contribution in [2.45, 2.75) is 0 Å². The fourth-order valence-corrected chi connectivity index (χ4v) is 1.88. The fraction of sp³-hybridized carbons (Fsp3) is 0.0833. The Labute approximate surface area is 122 Å². The summed E-state index contributed by atoms with van der Waals surface area (Å²) in [7, 11) is 1.51. The second-order valence-electron chi connectivity index (χ2n) is 3.73. The number of aromatic nitrogens is 2. The van der Waals surface area contributed by atoms with Gasteiger partial charge in [-0.25, -0.2) is 9.78 Å². The largest absolute Gasteiger partial charge is 0.497 e. The zero-order valence-corrected chi connectivity index (χ0v) is 11.9. The summed E-state index contributed by atoms with van der Waals surface area (Å²) in [6.45, 7) is 0. The number of carbonyl (C=O) groups excluding carboxylic acids is 1. The maximum Gasteiger partial charge on any atom is 0.354 e. The Kier molecular flexibility index (Phi) is 4.04. The predicted molar refractivity (Wildman–Crippen MR) is 74.2 cm³/mol. The van der Waals surface area contributed by atoms with Crippen LogP contribution >= 0.6 is 15.9 Å². The van der Waals surface area contributed by atoms with E-state index in [0.717, 1.165) is 6.33 Å². The van der Waals surface area contributed by atoms with Crippen LogP contribution in [0.4, 0.5) is 5.69 Å². The van der Waals surface area contributed by atoms with Crippen LogP contribution in [0.3, 0.4) is 0 Å². The lowest BCUT2D eigenvalue weighted by Gasteiger charge is -2.08. The monoisotopic (exact) mass is 339 g/mol. The number of nitrogens with zero attached hydrogens (tertiary/aromatic N) is 1. The average Bonchev–Trinajstić information content (AvgIpc) is 2.90. The van der Waals surface area contributed by atoms with Gasteiger partial charge in [0.25, 0.3) is 5.91 Å². The van der Waals surface area contributed by atoms with Crippen LogP contribution in [-0.4, -0.2) is 34.1 Å². The zero-order valence-electron chi connectivity index (χ0n) is 10.3. The van der Waals surface area contributed by atoms with Gasteiger partial charge in [-0.15, -0.1) is 0 Å². The summed E-state index contributed by atoms with van der Waals surface area (Å²) in [6, 6.07) is 5.03. The second-order valence-corrected chi connectivity index (χ2v) is 4.59. The summed E-state index contributed by atoms with van der Waals surface area (Å²) in [5.41, 5.74) is 0.00225. The lowest BCUT2D eigenvalue weighted by molar-refractivity contribution is 0.0686. The van der Waals surface area contributed by atoms with E-state index < -0.39 is 11.9 Å². The van der Waals surface area contributed by atoms with E-state index in [-0.39, 0.29) is 11.4 Å². The van der Waals surface area contributed by atoms with Crippen LogP contribution in [-0.2, 0) is 0 Å². The van der Waals surface area contributed by atoms with E-state index in [0.29, 0.717) is 15.9 Å². The summed E-state index contributed by atoms with van der Waals surface area (Å²) < 4.78 is 5.69. The SMILES string of the molecule is COc1ccc(Br)c(NC(=O)c2nc[nH]c2C(=O)O)c1. The van der Waals surface area contributed by atoms with Crippen LogP contribution in [0.1, 0.15) is 21.0 Å². The number of carboxylic acids is 1. The number of hydrogen-bond donors (Lipinski definition) is 3. The number of carbonyl (C=O) groups is 2. The van der Waals surface area contributed by atoms with Gasteiger partial charge in [0.1, 0.15) is 5.75 Å². The van der Waals surface area contributed by atoms with Crippen molar-refractivity contribution >= 4 is 33.5 Å². The van der Waals surface area contributed by atoms with Crippen molar-refractivity contribution < 1.29 is 19.4 Å². The quantitative estimate of drug-likeness (QED) is 0.791. The number of halogens is 1. The van der Waals surface area contributed by atoms with E-state index in [9.17, 15) is 9.59 Å². The highest BCUT2D eigenvalue weighted by Crippen LogP contribution is 2.27. The summed E-state index contributed by atoms with van der Waals surface area (Å²) in [6.07, 6.45) is 1.15. The molecule has 1 aromatic carbocycles. The normalized spacial score (nSPS) is 10.1. The van der Waals surface area contributed by atoms with Crippen molar-refractivity contribution in [3.8, 4) is 5.75 Å². The van der Waals surface area contributed by atoms with E-state index >= 15 is 0 Å². The van der Waals surface area contributed by atoms with E-state index in [1.807, 2.05) is 0 Å². The van der Waals surface area contributed by atoms with Crippen molar-refractivity contribution in [2.75, 3.05) is 12.4 Å². The number of benzene rings is 1. The molecule has 1 amide bonds. The van der Waals surface area contributed by atoms with Gasteiger partial charge >= 0.3 is 5.97 Å². The molecule has 104 valence electrons. The Hall–Kier alpha value is -2.35. The molecule has 7 nitrogen and oxygen atoms in total. The molecule has 0 radical (unpaired) electrons. The van der Waals surface area contributed by atoms with Crippen LogP contribution in [0.5, 0.6) is 5.75 Å². The predicted octanol–water partition coefficient (Wildman–Crippen LogP) is 2.13. The first kappa shape index (κ1) is 14.1. The molecule has 0 aliphatic rings. The summed E-state index contributed by atoms with van der Waals surface area (Å²) >= 11 is 3.28. The number of carboxylic acid groups (broad SMARTS) is 1. The number of hydrogen-bond acceptors (Lipinski definition) is 4. The number of nitrogens with one attached hydrogen (secondary N) is 2. The smallest absolute Gasteiger partial charge is 0.354 e. The summed E-state index contributed by atoms with van der Waals surface area (Å²) in [4.78, 5) is 29.1. The van der Waals surface area contributed by atoms with Gasteiger partial charge in [0, 0.05) is 10.5 Å². The van der Waals surface area contributed by atoms with Gasteiger partial charge in [-0.3, -0.25) is 4.79 Å². The molecule has 0 bridgehead atoms. The summed E-state index contributed by atoms with van der Waals surface area (Å²) in [5.74, 6) is -1.32. The minimum atomic E-state index is -1.25. The van der Waals surface area contributed by atoms with E-state index in [1.54, 1.807) is 18.2 Å². The molecule has 20 heavy (non-hydrogen) atoms. The Morgan fingerprint density at radius 2 is 2.20 bits per heavy atom. The first-order chi connectivity index (χ1) is 9.52. The first-order valence-corrected chi connectivity index (χ1v) is 6.23. The molecule has 2 rings (SSSR count). The van der Waals surface area contributed by atoms with Crippen LogP contribution in [0, 0.1) is 0 Å². The fourth-order valence-electron chi connectivity index (χ4n) is 1.54. The number of imidazole rings is 1. The molecule has 0 fully saturated rings. The molecule has 1 aromatic heterocycles. The molecule has 2 aromatic rings. The Balaban J connectivity index is 2.28. The van der Waals surface area contributed by atoms with Crippen molar-refractivity contribution in [3.05, 3.63) is 40.4 Å². The molecule has 3 N–H and O–H groups in total. The average molecular weight is 340 g/mol. The van der Waals surface area contributed by atoms with Gasteiger partial charge in [-0.2, -0.15) is 0 Å². The Bertz CT molecular complexity index is 668. The number of aromatic carboxylic acids is 1. The number of amides is 1. The molecule has 0 aliphatic heterocycles. The molecule has 0 aliphatic carbocycles. The lowest BCUT2D eigenvalue weighted by Crippen LogP contribution is -2.16. The third-order valence-corrected chi connectivity index (χ3v) is 3.18. The zero-order chi connectivity index (χ0) is 14.7. The van der Waals surface area contributed by atoms with Crippen LogP contribution in [0.2, 0.25) is 0 Å². The number of aromatic amines is 1. The minimum Gasteiger partial charge on any atom is -0.497 e.